The maximum Gasteiger partial charge on any atom is 0.320 e. The second kappa shape index (κ2) is 10.0. The van der Waals surface area contributed by atoms with E-state index in [9.17, 15) is 14.7 Å². The third-order valence-corrected chi connectivity index (χ3v) is 4.98. The van der Waals surface area contributed by atoms with Gasteiger partial charge in [-0.3, -0.25) is 14.9 Å². The van der Waals surface area contributed by atoms with Crippen LogP contribution in [0.3, 0.4) is 0 Å². The molecule has 1 unspecified atom stereocenters. The van der Waals surface area contributed by atoms with Crippen molar-refractivity contribution in [1.82, 2.24) is 10.3 Å². The number of guanidine groups is 1. The van der Waals surface area contributed by atoms with Gasteiger partial charge in [-0.25, -0.2) is 9.98 Å². The molecule has 1 aliphatic heterocycles. The lowest BCUT2D eigenvalue weighted by molar-refractivity contribution is -0.138. The van der Waals surface area contributed by atoms with Crippen molar-refractivity contribution in [3.8, 4) is 0 Å². The number of rotatable bonds is 7. The molecule has 0 aliphatic carbocycles. The van der Waals surface area contributed by atoms with Crippen LogP contribution in [0.5, 0.6) is 0 Å². The van der Waals surface area contributed by atoms with Crippen molar-refractivity contribution in [2.75, 3.05) is 18.0 Å². The maximum absolute atomic E-state index is 12.4. The molecule has 10 heteroatoms. The Bertz CT molecular complexity index is 963. The first-order chi connectivity index (χ1) is 14.8. The van der Waals surface area contributed by atoms with E-state index in [2.05, 4.69) is 15.3 Å². The second-order valence-electron chi connectivity index (χ2n) is 7.38. The fourth-order valence-corrected chi connectivity index (χ4v) is 3.30. The number of hydrogen-bond acceptors (Lipinski definition) is 7. The highest BCUT2D eigenvalue weighted by Gasteiger charge is 2.23. The van der Waals surface area contributed by atoms with Crippen LogP contribution in [0, 0.1) is 0 Å². The highest BCUT2D eigenvalue weighted by Crippen LogP contribution is 2.22. The Morgan fingerprint density at radius 2 is 2.03 bits per heavy atom. The van der Waals surface area contributed by atoms with Gasteiger partial charge in [-0.15, -0.1) is 0 Å². The molecule has 1 fully saturated rings. The third kappa shape index (κ3) is 6.00. The number of aliphatic imine (C=N–C) groups is 1. The van der Waals surface area contributed by atoms with Crippen LogP contribution in [0.15, 0.2) is 47.6 Å². The Morgan fingerprint density at radius 1 is 1.29 bits per heavy atom. The van der Waals surface area contributed by atoms with Gasteiger partial charge in [-0.05, 0) is 36.6 Å². The standard InChI is InChI=1S/C21H26N6O4/c22-17(20(30)31)10-13-3-5-14(6-4-13)19(29)26-21(23)25-11-15-2-1-8-24-18(15)27-9-7-16(28)12-27/h1-6,8,16-17,28H,7,9-12,22H2,(H,30,31)(H3,23,25,26,29)/t16?,17-/m0/s1. The molecule has 3 rings (SSSR count). The number of carbonyl (C=O) groups excluding carboxylic acids is 1. The van der Waals surface area contributed by atoms with Crippen LogP contribution in [0.1, 0.15) is 27.9 Å². The fourth-order valence-electron chi connectivity index (χ4n) is 3.30. The summed E-state index contributed by atoms with van der Waals surface area (Å²) in [6, 6.07) is 9.13. The Balaban J connectivity index is 1.60. The van der Waals surface area contributed by atoms with E-state index < -0.39 is 17.9 Å². The normalized spacial score (nSPS) is 17.4. The first kappa shape index (κ1) is 22.2. The average Bonchev–Trinajstić information content (AvgIpc) is 3.19. The second-order valence-corrected chi connectivity index (χ2v) is 7.38. The van der Waals surface area contributed by atoms with Gasteiger partial charge in [0.25, 0.3) is 5.91 Å². The van der Waals surface area contributed by atoms with E-state index in [0.717, 1.165) is 11.4 Å². The van der Waals surface area contributed by atoms with Gasteiger partial charge in [-0.2, -0.15) is 0 Å². The molecule has 2 atom stereocenters. The van der Waals surface area contributed by atoms with Crippen LogP contribution >= 0.6 is 0 Å². The highest BCUT2D eigenvalue weighted by atomic mass is 16.4. The summed E-state index contributed by atoms with van der Waals surface area (Å²) < 4.78 is 0. The number of benzene rings is 1. The predicted molar refractivity (Wildman–Crippen MR) is 116 cm³/mol. The molecular formula is C21H26N6O4. The number of carboxylic acid groups (broad SMARTS) is 1. The van der Waals surface area contributed by atoms with Crippen molar-refractivity contribution in [2.24, 2.45) is 16.5 Å². The summed E-state index contributed by atoms with van der Waals surface area (Å²) >= 11 is 0. The van der Waals surface area contributed by atoms with Gasteiger partial charge in [0.1, 0.15) is 11.9 Å². The Kier molecular flexibility index (Phi) is 7.16. The summed E-state index contributed by atoms with van der Waals surface area (Å²) in [6.07, 6.45) is 2.18. The minimum atomic E-state index is -1.08. The van der Waals surface area contributed by atoms with E-state index in [-0.39, 0.29) is 25.0 Å². The topological polar surface area (TPSA) is 167 Å². The van der Waals surface area contributed by atoms with Crippen LogP contribution in [0.25, 0.3) is 0 Å². The van der Waals surface area contributed by atoms with E-state index in [1.54, 1.807) is 36.5 Å². The predicted octanol–water partition coefficient (Wildman–Crippen LogP) is -0.148. The lowest BCUT2D eigenvalue weighted by Crippen LogP contribution is -2.37. The first-order valence-electron chi connectivity index (χ1n) is 9.89. The van der Waals surface area contributed by atoms with Crippen LogP contribution in [0.4, 0.5) is 5.82 Å². The Hall–Kier alpha value is -3.50. The molecule has 1 aliphatic rings. The number of anilines is 1. The maximum atomic E-state index is 12.4. The summed E-state index contributed by atoms with van der Waals surface area (Å²) in [6.45, 7) is 1.47. The van der Waals surface area contributed by atoms with Crippen molar-refractivity contribution < 1.29 is 19.8 Å². The lowest BCUT2D eigenvalue weighted by Gasteiger charge is -2.19. The molecular weight excluding hydrogens is 400 g/mol. The Labute approximate surface area is 179 Å². The number of nitrogens with one attached hydrogen (secondary N) is 1. The van der Waals surface area contributed by atoms with Crippen molar-refractivity contribution in [2.45, 2.75) is 31.5 Å². The zero-order valence-electron chi connectivity index (χ0n) is 16.9. The zero-order chi connectivity index (χ0) is 22.4. The van der Waals surface area contributed by atoms with Crippen LogP contribution < -0.4 is 21.7 Å². The van der Waals surface area contributed by atoms with Gasteiger partial charge in [0, 0.05) is 30.4 Å². The van der Waals surface area contributed by atoms with Gasteiger partial charge >= 0.3 is 5.97 Å². The zero-order valence-corrected chi connectivity index (χ0v) is 16.9. The minimum absolute atomic E-state index is 0.0294. The largest absolute Gasteiger partial charge is 0.480 e. The van der Waals surface area contributed by atoms with Gasteiger partial charge in [0.2, 0.25) is 0 Å². The summed E-state index contributed by atoms with van der Waals surface area (Å²) in [5.74, 6) is -0.789. The molecule has 1 amide bonds. The number of β-amino-alcohol motifs (C(OH)–C–C–N with tert-alkyl or cyclic N) is 1. The van der Waals surface area contributed by atoms with E-state index in [1.165, 1.54) is 0 Å². The fraction of sp³-hybridized carbons (Fsp3) is 0.333. The number of aliphatic hydroxyl groups is 1. The lowest BCUT2D eigenvalue weighted by atomic mass is 10.0. The van der Waals surface area contributed by atoms with Crippen LogP contribution in [-0.4, -0.2) is 58.3 Å². The monoisotopic (exact) mass is 426 g/mol. The number of aliphatic hydroxyl groups excluding tert-OH is 1. The SMILES string of the molecule is NC(=NCc1cccnc1N1CCC(O)C1)NC(=O)c1ccc(C[C@H](N)C(=O)O)cc1. The number of amides is 1. The summed E-state index contributed by atoms with van der Waals surface area (Å²) in [5, 5.41) is 21.2. The van der Waals surface area contributed by atoms with E-state index in [4.69, 9.17) is 16.6 Å². The van der Waals surface area contributed by atoms with Crippen LogP contribution in [0.2, 0.25) is 0 Å². The number of pyridine rings is 1. The van der Waals surface area contributed by atoms with Gasteiger partial charge in [0.05, 0.1) is 12.6 Å². The molecule has 7 N–H and O–H groups in total. The number of hydrogen-bond donors (Lipinski definition) is 5. The molecule has 10 nitrogen and oxygen atoms in total. The number of nitrogens with zero attached hydrogens (tertiary/aromatic N) is 3. The van der Waals surface area contributed by atoms with Gasteiger partial charge < -0.3 is 26.6 Å². The molecule has 1 saturated heterocycles. The molecule has 0 bridgehead atoms. The smallest absolute Gasteiger partial charge is 0.320 e. The minimum Gasteiger partial charge on any atom is -0.480 e. The number of nitrogens with two attached hydrogens (primary N) is 2. The van der Waals surface area contributed by atoms with Crippen molar-refractivity contribution in [3.05, 3.63) is 59.3 Å². The number of aliphatic carboxylic acids is 1. The van der Waals surface area contributed by atoms with Crippen molar-refractivity contribution in [3.63, 3.8) is 0 Å². The molecule has 0 spiro atoms. The van der Waals surface area contributed by atoms with E-state index in [1.807, 2.05) is 11.0 Å². The molecule has 0 saturated carbocycles. The third-order valence-electron chi connectivity index (χ3n) is 4.98. The first-order valence-corrected chi connectivity index (χ1v) is 9.89. The molecule has 1 aromatic carbocycles. The summed E-state index contributed by atoms with van der Waals surface area (Å²) in [7, 11) is 0. The van der Waals surface area contributed by atoms with Crippen LogP contribution in [-0.2, 0) is 17.8 Å². The van der Waals surface area contributed by atoms with Crippen molar-refractivity contribution >= 4 is 23.7 Å². The average molecular weight is 426 g/mol. The molecule has 164 valence electrons. The van der Waals surface area contributed by atoms with E-state index >= 15 is 0 Å². The highest BCUT2D eigenvalue weighted by molar-refractivity contribution is 6.05. The molecule has 31 heavy (non-hydrogen) atoms. The van der Waals surface area contributed by atoms with Gasteiger partial charge in [-0.1, -0.05) is 18.2 Å². The summed E-state index contributed by atoms with van der Waals surface area (Å²) in [5.41, 5.74) is 13.3. The molecule has 2 heterocycles. The Morgan fingerprint density at radius 3 is 2.68 bits per heavy atom. The molecule has 1 aromatic heterocycles. The molecule has 0 radical (unpaired) electrons. The quantitative estimate of drug-likeness (QED) is 0.301. The number of aromatic nitrogens is 1. The number of carbonyl (C=O) groups is 2. The van der Waals surface area contributed by atoms with Crippen molar-refractivity contribution in [1.29, 1.82) is 0 Å². The summed E-state index contributed by atoms with van der Waals surface area (Å²) in [4.78, 5) is 33.9. The van der Waals surface area contributed by atoms with Gasteiger partial charge in [0.15, 0.2) is 5.96 Å². The van der Waals surface area contributed by atoms with E-state index in [0.29, 0.717) is 30.6 Å². The number of carboxylic acids is 1. The molecule has 2 aromatic rings.